The molecule has 1 aliphatic heterocycles. The van der Waals surface area contributed by atoms with Gasteiger partial charge in [-0.2, -0.15) is 4.67 Å². The summed E-state index contributed by atoms with van der Waals surface area (Å²) in [5.41, 5.74) is 0.711. The standard InChI is InChI=1S/C24H31N4O6PS/c1-18(2)15-21(27(35(32,33)34)17-20-9-6-14-36-20)23(29)28(26-12-10-25-11-13-26)22(24(30)31)16-19-7-4-3-5-8-19/h3-12,14,18,21-22H,13,15-17H2,1-2H3,(H,30,31)(H2,32,33,34). The smallest absolute Gasteiger partial charge is 0.404 e. The van der Waals surface area contributed by atoms with Crippen LogP contribution in [0.1, 0.15) is 30.7 Å². The van der Waals surface area contributed by atoms with Crippen molar-refractivity contribution < 1.29 is 29.0 Å². The maximum Gasteiger partial charge on any atom is 0.404 e. The fourth-order valence-electron chi connectivity index (χ4n) is 4.00. The Bertz CT molecular complexity index is 1120. The third kappa shape index (κ3) is 7.35. The molecule has 0 saturated heterocycles. The summed E-state index contributed by atoms with van der Waals surface area (Å²) in [6.07, 6.45) is 4.60. The van der Waals surface area contributed by atoms with Crippen LogP contribution in [0.4, 0.5) is 0 Å². The number of hydrogen-bond donors (Lipinski definition) is 3. The Morgan fingerprint density at radius 3 is 2.39 bits per heavy atom. The van der Waals surface area contributed by atoms with E-state index in [0.717, 1.165) is 9.68 Å². The topological polar surface area (TPSA) is 134 Å². The van der Waals surface area contributed by atoms with Crippen molar-refractivity contribution in [3.63, 3.8) is 0 Å². The monoisotopic (exact) mass is 534 g/mol. The summed E-state index contributed by atoms with van der Waals surface area (Å²) in [6.45, 7) is 3.68. The second kappa shape index (κ2) is 12.4. The van der Waals surface area contributed by atoms with Gasteiger partial charge < -0.3 is 14.9 Å². The lowest BCUT2D eigenvalue weighted by molar-refractivity contribution is -0.166. The number of hydrazine groups is 1. The van der Waals surface area contributed by atoms with E-state index in [0.29, 0.717) is 10.4 Å². The normalized spacial score (nSPS) is 15.3. The first kappa shape index (κ1) is 27.8. The van der Waals surface area contributed by atoms with Gasteiger partial charge in [-0.15, -0.1) is 11.3 Å². The van der Waals surface area contributed by atoms with E-state index in [4.69, 9.17) is 0 Å². The first-order valence-corrected chi connectivity index (χ1v) is 13.9. The molecule has 0 aliphatic carbocycles. The number of amides is 1. The molecule has 1 aromatic heterocycles. The molecular weight excluding hydrogens is 503 g/mol. The zero-order chi connectivity index (χ0) is 26.3. The van der Waals surface area contributed by atoms with Crippen LogP contribution in [0.15, 0.2) is 65.2 Å². The van der Waals surface area contributed by atoms with Crippen LogP contribution in [0.3, 0.4) is 0 Å². The number of benzene rings is 1. The van der Waals surface area contributed by atoms with Gasteiger partial charge in [-0.05, 0) is 29.3 Å². The van der Waals surface area contributed by atoms with Crippen molar-refractivity contribution >= 4 is 37.2 Å². The summed E-state index contributed by atoms with van der Waals surface area (Å²) in [5.74, 6) is -2.03. The molecule has 0 radical (unpaired) electrons. The van der Waals surface area contributed by atoms with Gasteiger partial charge in [0.15, 0.2) is 6.04 Å². The minimum Gasteiger partial charge on any atom is -0.480 e. The van der Waals surface area contributed by atoms with E-state index in [1.807, 2.05) is 19.9 Å². The van der Waals surface area contributed by atoms with Crippen molar-refractivity contribution in [3.05, 3.63) is 70.7 Å². The van der Waals surface area contributed by atoms with Gasteiger partial charge >= 0.3 is 13.7 Å². The molecule has 0 spiro atoms. The number of carboxylic acid groups (broad SMARTS) is 1. The largest absolute Gasteiger partial charge is 0.480 e. The highest BCUT2D eigenvalue weighted by molar-refractivity contribution is 7.49. The number of hydrogen-bond acceptors (Lipinski definition) is 6. The van der Waals surface area contributed by atoms with E-state index in [2.05, 4.69) is 4.99 Å². The highest BCUT2D eigenvalue weighted by Gasteiger charge is 2.44. The van der Waals surface area contributed by atoms with Crippen molar-refractivity contribution in [3.8, 4) is 0 Å². The van der Waals surface area contributed by atoms with Crippen molar-refractivity contribution in [2.45, 2.75) is 45.3 Å². The highest BCUT2D eigenvalue weighted by atomic mass is 32.1. The summed E-state index contributed by atoms with van der Waals surface area (Å²) in [5, 5.41) is 14.5. The zero-order valence-electron chi connectivity index (χ0n) is 20.1. The number of aliphatic carboxylic acids is 1. The molecule has 3 N–H and O–H groups in total. The second-order valence-electron chi connectivity index (χ2n) is 8.81. The van der Waals surface area contributed by atoms with Gasteiger partial charge in [0.05, 0.1) is 6.54 Å². The van der Waals surface area contributed by atoms with Gasteiger partial charge in [0.2, 0.25) is 0 Å². The molecule has 2 heterocycles. The molecular formula is C24H31N4O6PS. The average Bonchev–Trinajstić information content (AvgIpc) is 3.34. The van der Waals surface area contributed by atoms with Crippen LogP contribution in [0, 0.1) is 5.92 Å². The van der Waals surface area contributed by atoms with Crippen LogP contribution in [0.2, 0.25) is 0 Å². The predicted molar refractivity (Wildman–Crippen MR) is 138 cm³/mol. The van der Waals surface area contributed by atoms with Crippen LogP contribution in [0.25, 0.3) is 0 Å². The van der Waals surface area contributed by atoms with Crippen molar-refractivity contribution in [2.75, 3.05) is 6.54 Å². The SMILES string of the molecule is CC(C)CC(C(=O)N(C(Cc1ccccc1)C(=O)O)N1C=CN=CC1)N(Cc1cccs1)P(=O)(O)O. The van der Waals surface area contributed by atoms with Gasteiger partial charge in [-0.25, -0.2) is 14.4 Å². The molecule has 10 nitrogen and oxygen atoms in total. The van der Waals surface area contributed by atoms with Crippen LogP contribution in [-0.4, -0.2) is 66.3 Å². The Balaban J connectivity index is 2.06. The van der Waals surface area contributed by atoms with E-state index in [-0.39, 0.29) is 31.8 Å². The van der Waals surface area contributed by atoms with Crippen LogP contribution < -0.4 is 0 Å². The maximum absolute atomic E-state index is 14.2. The number of carboxylic acids is 1. The van der Waals surface area contributed by atoms with E-state index in [9.17, 15) is 29.0 Å². The van der Waals surface area contributed by atoms with Crippen molar-refractivity contribution in [2.24, 2.45) is 10.9 Å². The van der Waals surface area contributed by atoms with Crippen molar-refractivity contribution in [1.82, 2.24) is 14.7 Å². The highest BCUT2D eigenvalue weighted by Crippen LogP contribution is 2.45. The van der Waals surface area contributed by atoms with Crippen molar-refractivity contribution in [1.29, 1.82) is 0 Å². The second-order valence-corrected chi connectivity index (χ2v) is 11.4. The summed E-state index contributed by atoms with van der Waals surface area (Å²) in [6, 6.07) is 9.85. The Morgan fingerprint density at radius 1 is 1.14 bits per heavy atom. The van der Waals surface area contributed by atoms with E-state index >= 15 is 0 Å². The Kier molecular flexibility index (Phi) is 9.58. The summed E-state index contributed by atoms with van der Waals surface area (Å²) in [7, 11) is -4.90. The van der Waals surface area contributed by atoms with E-state index in [1.54, 1.807) is 41.8 Å². The fourth-order valence-corrected chi connectivity index (χ4v) is 5.69. The number of carbonyl (C=O) groups is 2. The molecule has 0 fully saturated rings. The lowest BCUT2D eigenvalue weighted by atomic mass is 10.0. The molecule has 12 heteroatoms. The Hall–Kier alpha value is -2.82. The molecule has 2 aromatic rings. The van der Waals surface area contributed by atoms with Gasteiger partial charge in [0, 0.05) is 36.5 Å². The molecule has 2 atom stereocenters. The summed E-state index contributed by atoms with van der Waals surface area (Å²) < 4.78 is 13.6. The summed E-state index contributed by atoms with van der Waals surface area (Å²) in [4.78, 5) is 52.0. The molecule has 3 rings (SSSR count). The number of thiophene rings is 1. The molecule has 0 bridgehead atoms. The van der Waals surface area contributed by atoms with Crippen LogP contribution in [-0.2, 0) is 27.1 Å². The van der Waals surface area contributed by atoms with Gasteiger partial charge in [-0.3, -0.25) is 14.8 Å². The quantitative estimate of drug-likeness (QED) is 0.353. The van der Waals surface area contributed by atoms with E-state index in [1.165, 1.54) is 35.0 Å². The third-order valence-corrected chi connectivity index (χ3v) is 7.58. The van der Waals surface area contributed by atoms with Gasteiger partial charge in [0.25, 0.3) is 5.91 Å². The molecule has 194 valence electrons. The molecule has 36 heavy (non-hydrogen) atoms. The van der Waals surface area contributed by atoms with Crippen LogP contribution >= 0.6 is 19.1 Å². The molecule has 2 unspecified atom stereocenters. The minimum atomic E-state index is -4.90. The minimum absolute atomic E-state index is 0.0125. The first-order valence-electron chi connectivity index (χ1n) is 11.5. The number of rotatable bonds is 12. The Labute approximate surface area is 214 Å². The lowest BCUT2D eigenvalue weighted by Gasteiger charge is -2.42. The average molecular weight is 535 g/mol. The van der Waals surface area contributed by atoms with Gasteiger partial charge in [0.1, 0.15) is 6.04 Å². The van der Waals surface area contributed by atoms with Crippen LogP contribution in [0.5, 0.6) is 0 Å². The molecule has 1 aliphatic rings. The molecule has 1 aromatic carbocycles. The predicted octanol–water partition coefficient (Wildman–Crippen LogP) is 3.35. The number of aliphatic imine (C=N–C) groups is 1. The van der Waals surface area contributed by atoms with Gasteiger partial charge in [-0.1, -0.05) is 50.2 Å². The fraction of sp³-hybridized carbons (Fsp3) is 0.375. The zero-order valence-corrected chi connectivity index (χ0v) is 21.8. The lowest BCUT2D eigenvalue weighted by Crippen LogP contribution is -2.59. The number of nitrogens with zero attached hydrogens (tertiary/aromatic N) is 4. The summed E-state index contributed by atoms with van der Waals surface area (Å²) >= 11 is 1.32. The number of carbonyl (C=O) groups excluding carboxylic acids is 1. The molecule has 0 saturated carbocycles. The maximum atomic E-state index is 14.2. The Morgan fingerprint density at radius 2 is 1.86 bits per heavy atom. The first-order chi connectivity index (χ1) is 17.1. The third-order valence-electron chi connectivity index (χ3n) is 5.63. The van der Waals surface area contributed by atoms with E-state index < -0.39 is 31.7 Å². The molecule has 1 amide bonds.